The molecular weight excluding hydrogens is 266 g/mol. The van der Waals surface area contributed by atoms with Crippen LogP contribution < -0.4 is 5.32 Å². The summed E-state index contributed by atoms with van der Waals surface area (Å²) in [6, 6.07) is 7.65. The average Bonchev–Trinajstić information content (AvgIpc) is 2.88. The average molecular weight is 280 g/mol. The Hall–Kier alpha value is -1.43. The van der Waals surface area contributed by atoms with Gasteiger partial charge in [-0.1, -0.05) is 28.9 Å². The van der Waals surface area contributed by atoms with Crippen molar-refractivity contribution in [2.45, 2.75) is 12.5 Å². The minimum atomic E-state index is 0.0191. The van der Waals surface area contributed by atoms with Crippen LogP contribution in [-0.2, 0) is 11.2 Å². The molecule has 1 aliphatic rings. The number of morpholine rings is 1. The summed E-state index contributed by atoms with van der Waals surface area (Å²) in [7, 11) is 0. The van der Waals surface area contributed by atoms with Crippen LogP contribution in [0, 0.1) is 0 Å². The first-order valence-corrected chi connectivity index (χ1v) is 6.57. The van der Waals surface area contributed by atoms with E-state index in [1.807, 2.05) is 24.3 Å². The van der Waals surface area contributed by atoms with Crippen molar-refractivity contribution in [2.24, 2.45) is 0 Å². The zero-order valence-electron chi connectivity index (χ0n) is 10.3. The van der Waals surface area contributed by atoms with Crippen molar-refractivity contribution in [3.63, 3.8) is 0 Å². The van der Waals surface area contributed by atoms with E-state index in [0.29, 0.717) is 29.8 Å². The first-order valence-electron chi connectivity index (χ1n) is 6.19. The van der Waals surface area contributed by atoms with Crippen molar-refractivity contribution in [1.82, 2.24) is 15.5 Å². The zero-order valence-corrected chi connectivity index (χ0v) is 11.1. The number of benzene rings is 1. The SMILES string of the molecule is Clc1cccc(Cc2nc(C3COCCN3)no2)c1. The van der Waals surface area contributed by atoms with Crippen LogP contribution >= 0.6 is 11.6 Å². The summed E-state index contributed by atoms with van der Waals surface area (Å²) in [4.78, 5) is 4.40. The molecule has 0 spiro atoms. The molecule has 0 bridgehead atoms. The number of hydrogen-bond donors (Lipinski definition) is 1. The van der Waals surface area contributed by atoms with Gasteiger partial charge in [0.15, 0.2) is 5.82 Å². The van der Waals surface area contributed by atoms with Crippen LogP contribution in [0.5, 0.6) is 0 Å². The highest BCUT2D eigenvalue weighted by Gasteiger charge is 2.20. The van der Waals surface area contributed by atoms with Crippen LogP contribution in [-0.4, -0.2) is 29.9 Å². The summed E-state index contributed by atoms with van der Waals surface area (Å²) >= 11 is 5.94. The molecular formula is C13H14ClN3O2. The van der Waals surface area contributed by atoms with Gasteiger partial charge in [-0.05, 0) is 17.7 Å². The van der Waals surface area contributed by atoms with Gasteiger partial charge in [-0.2, -0.15) is 4.98 Å². The maximum atomic E-state index is 5.94. The molecule has 5 nitrogen and oxygen atoms in total. The summed E-state index contributed by atoms with van der Waals surface area (Å²) < 4.78 is 10.6. The van der Waals surface area contributed by atoms with E-state index in [1.165, 1.54) is 0 Å². The second-order valence-corrected chi connectivity index (χ2v) is 4.87. The van der Waals surface area contributed by atoms with Gasteiger partial charge in [-0.15, -0.1) is 0 Å². The molecule has 19 heavy (non-hydrogen) atoms. The molecule has 1 aromatic carbocycles. The highest BCUT2D eigenvalue weighted by Crippen LogP contribution is 2.16. The maximum Gasteiger partial charge on any atom is 0.231 e. The van der Waals surface area contributed by atoms with Crippen molar-refractivity contribution in [3.05, 3.63) is 46.6 Å². The Kier molecular flexibility index (Phi) is 3.77. The second-order valence-electron chi connectivity index (χ2n) is 4.43. The second kappa shape index (κ2) is 5.69. The molecule has 1 atom stereocenters. The molecule has 1 saturated heterocycles. The summed E-state index contributed by atoms with van der Waals surface area (Å²) in [5.41, 5.74) is 1.05. The van der Waals surface area contributed by atoms with Gasteiger partial charge in [0.25, 0.3) is 0 Å². The Labute approximate surface area is 115 Å². The molecule has 0 radical (unpaired) electrons. The van der Waals surface area contributed by atoms with Crippen LogP contribution in [0.2, 0.25) is 5.02 Å². The molecule has 1 fully saturated rings. The lowest BCUT2D eigenvalue weighted by Gasteiger charge is -2.20. The summed E-state index contributed by atoms with van der Waals surface area (Å²) in [6.07, 6.45) is 0.584. The fourth-order valence-electron chi connectivity index (χ4n) is 2.03. The zero-order chi connectivity index (χ0) is 13.1. The first kappa shape index (κ1) is 12.6. The number of nitrogens with zero attached hydrogens (tertiary/aromatic N) is 2. The van der Waals surface area contributed by atoms with E-state index in [0.717, 1.165) is 18.7 Å². The first-order chi connectivity index (χ1) is 9.31. The summed E-state index contributed by atoms with van der Waals surface area (Å²) in [6.45, 7) is 2.11. The van der Waals surface area contributed by atoms with E-state index in [2.05, 4.69) is 15.5 Å². The summed E-state index contributed by atoms with van der Waals surface area (Å²) in [5, 5.41) is 8.00. The number of nitrogens with one attached hydrogen (secondary N) is 1. The smallest absolute Gasteiger partial charge is 0.231 e. The van der Waals surface area contributed by atoms with Crippen molar-refractivity contribution >= 4 is 11.6 Å². The van der Waals surface area contributed by atoms with E-state index >= 15 is 0 Å². The number of hydrogen-bond acceptors (Lipinski definition) is 5. The third kappa shape index (κ3) is 3.12. The Bertz CT molecular complexity index is 552. The molecule has 1 aliphatic heterocycles. The van der Waals surface area contributed by atoms with Gasteiger partial charge in [0.1, 0.15) is 0 Å². The van der Waals surface area contributed by atoms with Gasteiger partial charge in [-0.25, -0.2) is 0 Å². The Morgan fingerprint density at radius 1 is 1.42 bits per heavy atom. The highest BCUT2D eigenvalue weighted by molar-refractivity contribution is 6.30. The lowest BCUT2D eigenvalue weighted by atomic mass is 10.1. The van der Waals surface area contributed by atoms with Crippen LogP contribution in [0.15, 0.2) is 28.8 Å². The molecule has 2 heterocycles. The number of halogens is 1. The molecule has 3 rings (SSSR count). The summed E-state index contributed by atoms with van der Waals surface area (Å²) in [5.74, 6) is 1.24. The predicted octanol–water partition coefficient (Wildman–Crippen LogP) is 1.97. The van der Waals surface area contributed by atoms with E-state index in [1.54, 1.807) is 0 Å². The molecule has 1 unspecified atom stereocenters. The molecule has 6 heteroatoms. The Balaban J connectivity index is 1.70. The lowest BCUT2D eigenvalue weighted by Crippen LogP contribution is -2.35. The van der Waals surface area contributed by atoms with Gasteiger partial charge in [0, 0.05) is 11.6 Å². The van der Waals surface area contributed by atoms with Crippen LogP contribution in [0.4, 0.5) is 0 Å². The molecule has 1 N–H and O–H groups in total. The maximum absolute atomic E-state index is 5.94. The Morgan fingerprint density at radius 2 is 2.37 bits per heavy atom. The monoisotopic (exact) mass is 279 g/mol. The number of aromatic nitrogens is 2. The van der Waals surface area contributed by atoms with Gasteiger partial charge < -0.3 is 14.6 Å². The minimum Gasteiger partial charge on any atom is -0.378 e. The van der Waals surface area contributed by atoms with E-state index in [9.17, 15) is 0 Å². The van der Waals surface area contributed by atoms with Crippen molar-refractivity contribution in [1.29, 1.82) is 0 Å². The van der Waals surface area contributed by atoms with Crippen molar-refractivity contribution < 1.29 is 9.26 Å². The molecule has 1 aromatic heterocycles. The van der Waals surface area contributed by atoms with Gasteiger partial charge >= 0.3 is 0 Å². The van der Waals surface area contributed by atoms with Crippen molar-refractivity contribution in [3.8, 4) is 0 Å². The third-order valence-electron chi connectivity index (χ3n) is 2.96. The number of ether oxygens (including phenoxy) is 1. The normalized spacial score (nSPS) is 19.5. The fourth-order valence-corrected chi connectivity index (χ4v) is 2.25. The van der Waals surface area contributed by atoms with Gasteiger partial charge in [0.2, 0.25) is 5.89 Å². The van der Waals surface area contributed by atoms with E-state index < -0.39 is 0 Å². The minimum absolute atomic E-state index is 0.0191. The van der Waals surface area contributed by atoms with E-state index in [-0.39, 0.29) is 6.04 Å². The topological polar surface area (TPSA) is 60.2 Å². The van der Waals surface area contributed by atoms with Crippen LogP contribution in [0.3, 0.4) is 0 Å². The molecule has 0 saturated carbocycles. The van der Waals surface area contributed by atoms with Gasteiger partial charge in [0.05, 0.1) is 25.7 Å². The van der Waals surface area contributed by atoms with Crippen molar-refractivity contribution in [2.75, 3.05) is 19.8 Å². The standard InChI is InChI=1S/C13H14ClN3O2/c14-10-3-1-2-9(6-10)7-12-16-13(17-19-12)11-8-18-5-4-15-11/h1-3,6,11,15H,4-5,7-8H2. The molecule has 0 aliphatic carbocycles. The Morgan fingerprint density at radius 3 is 3.16 bits per heavy atom. The van der Waals surface area contributed by atoms with E-state index in [4.69, 9.17) is 20.9 Å². The fraction of sp³-hybridized carbons (Fsp3) is 0.385. The third-order valence-corrected chi connectivity index (χ3v) is 3.20. The lowest BCUT2D eigenvalue weighted by molar-refractivity contribution is 0.0734. The quantitative estimate of drug-likeness (QED) is 0.931. The van der Waals surface area contributed by atoms with Crippen LogP contribution in [0.1, 0.15) is 23.3 Å². The molecule has 2 aromatic rings. The number of rotatable bonds is 3. The molecule has 100 valence electrons. The van der Waals surface area contributed by atoms with Crippen LogP contribution in [0.25, 0.3) is 0 Å². The van der Waals surface area contributed by atoms with Gasteiger partial charge in [-0.3, -0.25) is 0 Å². The molecule has 0 amide bonds. The highest BCUT2D eigenvalue weighted by atomic mass is 35.5. The predicted molar refractivity (Wildman–Crippen MR) is 70.1 cm³/mol. The largest absolute Gasteiger partial charge is 0.378 e.